The lowest BCUT2D eigenvalue weighted by Gasteiger charge is -2.21. The third kappa shape index (κ3) is 5.22. The molecule has 0 radical (unpaired) electrons. The fourth-order valence-electron chi connectivity index (χ4n) is 2.70. The van der Waals surface area contributed by atoms with Crippen molar-refractivity contribution in [3.63, 3.8) is 0 Å². The van der Waals surface area contributed by atoms with E-state index in [0.717, 1.165) is 24.0 Å². The van der Waals surface area contributed by atoms with E-state index in [0.29, 0.717) is 30.2 Å². The number of fused-ring (bicyclic) bond motifs is 1. The van der Waals surface area contributed by atoms with Crippen molar-refractivity contribution in [2.75, 3.05) is 11.9 Å². The van der Waals surface area contributed by atoms with E-state index in [2.05, 4.69) is 11.9 Å². The van der Waals surface area contributed by atoms with Crippen molar-refractivity contribution in [3.05, 3.63) is 42.2 Å². The third-order valence-electron chi connectivity index (χ3n) is 4.11. The number of hydrogen-bond donors (Lipinski definition) is 1. The average Bonchev–Trinajstić information content (AvgIpc) is 2.53. The maximum absolute atomic E-state index is 12.1. The Balaban J connectivity index is 2.08. The molecular weight excluding hydrogens is 330 g/mol. The van der Waals surface area contributed by atoms with Crippen molar-refractivity contribution in [3.8, 4) is 5.75 Å². The summed E-state index contributed by atoms with van der Waals surface area (Å²) in [6.45, 7) is 11.8. The first-order valence-electron chi connectivity index (χ1n) is 8.89. The molecule has 0 aliphatic carbocycles. The van der Waals surface area contributed by atoms with Gasteiger partial charge in [-0.3, -0.25) is 10.1 Å². The Hall–Kier alpha value is -2.56. The first-order chi connectivity index (χ1) is 12.2. The van der Waals surface area contributed by atoms with E-state index in [4.69, 9.17) is 9.47 Å². The maximum Gasteiger partial charge on any atom is 0.411 e. The van der Waals surface area contributed by atoms with Crippen LogP contribution < -0.4 is 10.1 Å². The van der Waals surface area contributed by atoms with Gasteiger partial charge in [-0.25, -0.2) is 4.79 Å². The summed E-state index contributed by atoms with van der Waals surface area (Å²) in [6, 6.07) is 5.47. The molecule has 5 heteroatoms. The summed E-state index contributed by atoms with van der Waals surface area (Å²) < 4.78 is 10.6. The van der Waals surface area contributed by atoms with Crippen LogP contribution >= 0.6 is 0 Å². The SMILES string of the molecule is C=C1C=C(CCCC(=O)C(C)(C)C)c2ccc(NC(=O)OCC)cc2O1. The van der Waals surface area contributed by atoms with Crippen LogP contribution in [-0.4, -0.2) is 18.5 Å². The van der Waals surface area contributed by atoms with E-state index in [1.165, 1.54) is 0 Å². The molecule has 26 heavy (non-hydrogen) atoms. The monoisotopic (exact) mass is 357 g/mol. The van der Waals surface area contributed by atoms with Crippen LogP contribution in [0.25, 0.3) is 5.57 Å². The van der Waals surface area contributed by atoms with Crippen LogP contribution in [0, 0.1) is 5.41 Å². The third-order valence-corrected chi connectivity index (χ3v) is 4.11. The fourth-order valence-corrected chi connectivity index (χ4v) is 2.70. The molecule has 1 amide bonds. The van der Waals surface area contributed by atoms with Gasteiger partial charge in [-0.05, 0) is 43.5 Å². The lowest BCUT2D eigenvalue weighted by Crippen LogP contribution is -2.19. The number of allylic oxidation sites excluding steroid dienone is 2. The number of hydrogen-bond acceptors (Lipinski definition) is 4. The molecule has 0 bridgehead atoms. The second-order valence-electron chi connectivity index (χ2n) is 7.32. The van der Waals surface area contributed by atoms with E-state index < -0.39 is 6.09 Å². The largest absolute Gasteiger partial charge is 0.457 e. The number of amides is 1. The molecule has 0 saturated carbocycles. The van der Waals surface area contributed by atoms with Crippen LogP contribution in [0.3, 0.4) is 0 Å². The molecule has 0 aromatic heterocycles. The summed E-state index contributed by atoms with van der Waals surface area (Å²) in [6.07, 6.45) is 3.49. The topological polar surface area (TPSA) is 64.6 Å². The smallest absolute Gasteiger partial charge is 0.411 e. The van der Waals surface area contributed by atoms with E-state index in [-0.39, 0.29) is 11.2 Å². The van der Waals surface area contributed by atoms with Crippen molar-refractivity contribution in [2.24, 2.45) is 5.41 Å². The summed E-state index contributed by atoms with van der Waals surface area (Å²) in [5.41, 5.74) is 2.33. The van der Waals surface area contributed by atoms with Gasteiger partial charge >= 0.3 is 6.09 Å². The molecule has 0 fully saturated rings. The second-order valence-corrected chi connectivity index (χ2v) is 7.32. The number of anilines is 1. The molecule has 1 N–H and O–H groups in total. The van der Waals surface area contributed by atoms with E-state index in [9.17, 15) is 9.59 Å². The minimum Gasteiger partial charge on any atom is -0.457 e. The number of nitrogens with one attached hydrogen (secondary N) is 1. The molecule has 0 atom stereocenters. The Bertz CT molecular complexity index is 741. The van der Waals surface area contributed by atoms with Gasteiger partial charge in [0, 0.05) is 29.2 Å². The van der Waals surface area contributed by atoms with Gasteiger partial charge in [0.25, 0.3) is 0 Å². The standard InChI is InChI=1S/C21H27NO4/c1-6-25-20(24)22-16-10-11-17-15(12-14(2)26-18(17)13-16)8-7-9-19(23)21(3,4)5/h10-13H,2,6-9H2,1,3-5H3,(H,22,24). The van der Waals surface area contributed by atoms with Gasteiger partial charge in [-0.2, -0.15) is 0 Å². The lowest BCUT2D eigenvalue weighted by molar-refractivity contribution is -0.126. The number of rotatable bonds is 6. The molecule has 2 rings (SSSR count). The van der Waals surface area contributed by atoms with Crippen molar-refractivity contribution < 1.29 is 19.1 Å². The van der Waals surface area contributed by atoms with Crippen molar-refractivity contribution in [1.29, 1.82) is 0 Å². The first kappa shape index (κ1) is 19.8. The molecule has 1 aromatic carbocycles. The Morgan fingerprint density at radius 1 is 1.27 bits per heavy atom. The fraction of sp³-hybridized carbons (Fsp3) is 0.429. The highest BCUT2D eigenvalue weighted by atomic mass is 16.5. The normalized spacial score (nSPS) is 13.4. The predicted molar refractivity (Wildman–Crippen MR) is 103 cm³/mol. The quantitative estimate of drug-likeness (QED) is 0.747. The van der Waals surface area contributed by atoms with Crippen LogP contribution in [0.15, 0.2) is 36.6 Å². The van der Waals surface area contributed by atoms with Crippen LogP contribution in [0.2, 0.25) is 0 Å². The number of carbonyl (C=O) groups excluding carboxylic acids is 2. The van der Waals surface area contributed by atoms with Gasteiger partial charge in [0.1, 0.15) is 17.3 Å². The zero-order chi connectivity index (χ0) is 19.3. The highest BCUT2D eigenvalue weighted by Gasteiger charge is 2.22. The zero-order valence-corrected chi connectivity index (χ0v) is 16.0. The Kier molecular flexibility index (Phi) is 6.24. The summed E-state index contributed by atoms with van der Waals surface area (Å²) in [7, 11) is 0. The molecule has 0 unspecified atom stereocenters. The number of ether oxygens (including phenoxy) is 2. The van der Waals surface area contributed by atoms with Crippen LogP contribution in [0.5, 0.6) is 5.75 Å². The zero-order valence-electron chi connectivity index (χ0n) is 16.0. The summed E-state index contributed by atoms with van der Waals surface area (Å²) in [4.78, 5) is 23.7. The summed E-state index contributed by atoms with van der Waals surface area (Å²) in [5, 5.41) is 2.66. The molecule has 5 nitrogen and oxygen atoms in total. The molecule has 140 valence electrons. The number of ketones is 1. The molecule has 1 aliphatic rings. The number of benzene rings is 1. The number of carbonyl (C=O) groups is 2. The second kappa shape index (κ2) is 8.21. The highest BCUT2D eigenvalue weighted by Crippen LogP contribution is 2.37. The van der Waals surface area contributed by atoms with Crippen molar-refractivity contribution in [1.82, 2.24) is 0 Å². The molecule has 0 saturated heterocycles. The van der Waals surface area contributed by atoms with Crippen molar-refractivity contribution in [2.45, 2.75) is 47.0 Å². The van der Waals surface area contributed by atoms with Crippen LogP contribution in [0.1, 0.15) is 52.5 Å². The first-order valence-corrected chi connectivity index (χ1v) is 8.89. The average molecular weight is 357 g/mol. The highest BCUT2D eigenvalue weighted by molar-refractivity contribution is 5.87. The Morgan fingerprint density at radius 2 is 2.00 bits per heavy atom. The molecule has 0 spiro atoms. The van der Waals surface area contributed by atoms with Crippen molar-refractivity contribution >= 4 is 23.1 Å². The van der Waals surface area contributed by atoms with Gasteiger partial charge in [0.2, 0.25) is 0 Å². The molecule has 1 heterocycles. The van der Waals surface area contributed by atoms with Gasteiger partial charge < -0.3 is 9.47 Å². The minimum atomic E-state index is -0.501. The van der Waals surface area contributed by atoms with Crippen LogP contribution in [-0.2, 0) is 9.53 Å². The van der Waals surface area contributed by atoms with Gasteiger partial charge in [-0.1, -0.05) is 27.4 Å². The predicted octanol–water partition coefficient (Wildman–Crippen LogP) is 5.33. The van der Waals surface area contributed by atoms with Crippen LogP contribution in [0.4, 0.5) is 10.5 Å². The molecular formula is C21H27NO4. The van der Waals surface area contributed by atoms with E-state index in [1.54, 1.807) is 19.1 Å². The van der Waals surface area contributed by atoms with Gasteiger partial charge in [-0.15, -0.1) is 0 Å². The minimum absolute atomic E-state index is 0.262. The summed E-state index contributed by atoms with van der Waals surface area (Å²) >= 11 is 0. The lowest BCUT2D eigenvalue weighted by atomic mass is 9.87. The summed E-state index contributed by atoms with van der Waals surface area (Å²) in [5.74, 6) is 1.45. The number of Topliss-reactive ketones (excluding diaryl/α,β-unsaturated/α-hetero) is 1. The maximum atomic E-state index is 12.1. The van der Waals surface area contributed by atoms with Gasteiger partial charge in [0.15, 0.2) is 0 Å². The van der Waals surface area contributed by atoms with Gasteiger partial charge in [0.05, 0.1) is 6.61 Å². The molecule has 1 aliphatic heterocycles. The Morgan fingerprint density at radius 3 is 2.65 bits per heavy atom. The molecule has 1 aromatic rings. The Labute approximate surface area is 155 Å². The van der Waals surface area contributed by atoms with E-state index >= 15 is 0 Å². The van der Waals surface area contributed by atoms with E-state index in [1.807, 2.05) is 32.9 Å².